The van der Waals surface area contributed by atoms with E-state index in [1.165, 1.54) is 12.2 Å². The first-order chi connectivity index (χ1) is 12.5. The molecule has 0 aliphatic carbocycles. The van der Waals surface area contributed by atoms with E-state index in [2.05, 4.69) is 4.99 Å². The molecule has 0 unspecified atom stereocenters. The molecule has 1 heterocycles. The van der Waals surface area contributed by atoms with Crippen LogP contribution in [0.1, 0.15) is 16.7 Å². The van der Waals surface area contributed by atoms with Gasteiger partial charge in [-0.05, 0) is 42.5 Å². The van der Waals surface area contributed by atoms with Gasteiger partial charge in [-0.2, -0.15) is 26.3 Å². The van der Waals surface area contributed by atoms with Crippen LogP contribution in [0.15, 0.2) is 40.9 Å². The van der Waals surface area contributed by atoms with E-state index in [9.17, 15) is 26.3 Å². The zero-order valence-electron chi connectivity index (χ0n) is 14.5. The van der Waals surface area contributed by atoms with Gasteiger partial charge in [-0.15, -0.1) is 0 Å². The summed E-state index contributed by atoms with van der Waals surface area (Å²) in [6, 6.07) is 1.48. The highest BCUT2D eigenvalue weighted by Gasteiger charge is 2.36. The van der Waals surface area contributed by atoms with E-state index in [1.807, 2.05) is 18.0 Å². The summed E-state index contributed by atoms with van der Waals surface area (Å²) in [4.78, 5) is 6.17. The Morgan fingerprint density at radius 1 is 1.04 bits per heavy atom. The third-order valence-electron chi connectivity index (χ3n) is 3.92. The molecule has 1 aromatic rings. The van der Waals surface area contributed by atoms with Gasteiger partial charge in [0, 0.05) is 19.6 Å². The van der Waals surface area contributed by atoms with E-state index in [1.54, 1.807) is 0 Å². The van der Waals surface area contributed by atoms with Gasteiger partial charge >= 0.3 is 12.4 Å². The number of nitrogens with two attached hydrogens (primary N) is 1. The van der Waals surface area contributed by atoms with Crippen molar-refractivity contribution < 1.29 is 26.3 Å². The number of hydrogen-bond donors (Lipinski definition) is 1. The zero-order valence-corrected chi connectivity index (χ0v) is 14.5. The van der Waals surface area contributed by atoms with Gasteiger partial charge in [0.25, 0.3) is 0 Å². The summed E-state index contributed by atoms with van der Waals surface area (Å²) in [7, 11) is 1.86. The first-order valence-electron chi connectivity index (χ1n) is 8.10. The molecule has 0 radical (unpaired) electrons. The highest BCUT2D eigenvalue weighted by atomic mass is 19.4. The lowest BCUT2D eigenvalue weighted by molar-refractivity contribution is -0.143. The summed E-state index contributed by atoms with van der Waals surface area (Å²) < 4.78 is 77.5. The lowest BCUT2D eigenvalue weighted by Crippen LogP contribution is -2.28. The molecule has 0 bridgehead atoms. The zero-order chi connectivity index (χ0) is 20.2. The molecule has 0 aromatic heterocycles. The molecule has 2 N–H and O–H groups in total. The first kappa shape index (κ1) is 21.2. The van der Waals surface area contributed by atoms with Gasteiger partial charge < -0.3 is 10.6 Å². The molecular formula is C18H19F6N3. The quantitative estimate of drug-likeness (QED) is 0.745. The molecule has 148 valence electrons. The van der Waals surface area contributed by atoms with Gasteiger partial charge in [-0.3, -0.25) is 4.99 Å². The molecule has 27 heavy (non-hydrogen) atoms. The smallest absolute Gasteiger partial charge is 0.329 e. The summed E-state index contributed by atoms with van der Waals surface area (Å²) in [6.07, 6.45) is -5.23. The number of alkyl halides is 6. The molecule has 2 rings (SSSR count). The van der Waals surface area contributed by atoms with Crippen molar-refractivity contribution in [2.24, 2.45) is 10.7 Å². The second-order valence-corrected chi connectivity index (χ2v) is 6.15. The topological polar surface area (TPSA) is 41.6 Å². The van der Waals surface area contributed by atoms with Crippen molar-refractivity contribution in [3.05, 3.63) is 52.6 Å². The first-order valence-corrected chi connectivity index (χ1v) is 8.10. The minimum Gasteiger partial charge on any atom is -0.329 e. The van der Waals surface area contributed by atoms with Gasteiger partial charge in [0.2, 0.25) is 0 Å². The molecule has 0 saturated heterocycles. The summed E-state index contributed by atoms with van der Waals surface area (Å²) in [5, 5.41) is 0. The molecule has 0 fully saturated rings. The number of likely N-dealkylation sites (N-methyl/N-ethyl adjacent to an activating group) is 1. The monoisotopic (exact) mass is 391 g/mol. The van der Waals surface area contributed by atoms with Crippen LogP contribution in [0.25, 0.3) is 6.08 Å². The van der Waals surface area contributed by atoms with Crippen LogP contribution in [0.4, 0.5) is 26.3 Å². The van der Waals surface area contributed by atoms with E-state index in [0.29, 0.717) is 44.0 Å². The average molecular weight is 391 g/mol. The number of aliphatic imine (C=N–C) groups is 1. The maximum atomic E-state index is 12.9. The van der Waals surface area contributed by atoms with Crippen molar-refractivity contribution in [2.45, 2.75) is 12.4 Å². The van der Waals surface area contributed by atoms with Crippen molar-refractivity contribution in [1.82, 2.24) is 4.90 Å². The fourth-order valence-corrected chi connectivity index (χ4v) is 2.61. The second kappa shape index (κ2) is 8.26. The van der Waals surface area contributed by atoms with Crippen LogP contribution >= 0.6 is 0 Å². The number of nitrogens with zero attached hydrogens (tertiary/aromatic N) is 2. The molecule has 0 saturated carbocycles. The van der Waals surface area contributed by atoms with Crippen LogP contribution in [0.5, 0.6) is 0 Å². The SMILES string of the molecule is CN(CCN)CC1=CCN=C1/C=C/c1cc(C(F)(F)F)cc(C(F)(F)F)c1. The Hall–Kier alpha value is -2.13. The van der Waals surface area contributed by atoms with E-state index in [4.69, 9.17) is 5.73 Å². The largest absolute Gasteiger partial charge is 0.416 e. The lowest BCUT2D eigenvalue weighted by atomic mass is 10.0. The lowest BCUT2D eigenvalue weighted by Gasteiger charge is -2.16. The fourth-order valence-electron chi connectivity index (χ4n) is 2.61. The van der Waals surface area contributed by atoms with Gasteiger partial charge in [0.1, 0.15) is 0 Å². The number of allylic oxidation sites excluding steroid dienone is 1. The summed E-state index contributed by atoms with van der Waals surface area (Å²) in [5.74, 6) is 0. The van der Waals surface area contributed by atoms with Crippen molar-refractivity contribution in [3.63, 3.8) is 0 Å². The van der Waals surface area contributed by atoms with Crippen molar-refractivity contribution >= 4 is 11.8 Å². The summed E-state index contributed by atoms with van der Waals surface area (Å²) in [6.45, 7) is 2.08. The summed E-state index contributed by atoms with van der Waals surface area (Å²) in [5.41, 5.74) is 3.99. The molecule has 1 aromatic carbocycles. The predicted octanol–water partition coefficient (Wildman–Crippen LogP) is 4.01. The number of hydrogen-bond acceptors (Lipinski definition) is 3. The van der Waals surface area contributed by atoms with Crippen LogP contribution < -0.4 is 5.73 Å². The molecule has 9 heteroatoms. The van der Waals surface area contributed by atoms with Crippen LogP contribution in [0.3, 0.4) is 0 Å². The molecule has 0 spiro atoms. The van der Waals surface area contributed by atoms with E-state index in [0.717, 1.165) is 5.57 Å². The Morgan fingerprint density at radius 3 is 2.15 bits per heavy atom. The van der Waals surface area contributed by atoms with Crippen molar-refractivity contribution in [3.8, 4) is 0 Å². The van der Waals surface area contributed by atoms with Crippen LogP contribution in [0, 0.1) is 0 Å². The Balaban J connectivity index is 2.27. The molecule has 3 nitrogen and oxygen atoms in total. The standard InChI is InChI=1S/C18H19F6N3/c1-27(7-5-25)11-13-4-6-26-16(13)3-2-12-8-14(17(19,20)21)10-15(9-12)18(22,23)24/h2-4,8-10H,5-7,11,25H2,1H3/b3-2+. The number of rotatable bonds is 6. The Bertz CT molecular complexity index is 727. The van der Waals surface area contributed by atoms with Gasteiger partial charge in [-0.1, -0.05) is 12.2 Å². The third kappa shape index (κ3) is 5.93. The number of benzene rings is 1. The molecule has 0 amide bonds. The van der Waals surface area contributed by atoms with Gasteiger partial charge in [-0.25, -0.2) is 0 Å². The maximum absolute atomic E-state index is 12.9. The van der Waals surface area contributed by atoms with Crippen LogP contribution in [-0.4, -0.2) is 43.8 Å². The van der Waals surface area contributed by atoms with Crippen molar-refractivity contribution in [2.75, 3.05) is 33.2 Å². The van der Waals surface area contributed by atoms with E-state index in [-0.39, 0.29) is 11.6 Å². The van der Waals surface area contributed by atoms with Crippen LogP contribution in [0.2, 0.25) is 0 Å². The van der Waals surface area contributed by atoms with Gasteiger partial charge in [0.15, 0.2) is 0 Å². The minimum absolute atomic E-state index is 0.109. The van der Waals surface area contributed by atoms with E-state index < -0.39 is 23.5 Å². The third-order valence-corrected chi connectivity index (χ3v) is 3.92. The molecule has 0 atom stereocenters. The Labute approximate surface area is 152 Å². The van der Waals surface area contributed by atoms with Gasteiger partial charge in [0.05, 0.1) is 23.4 Å². The van der Waals surface area contributed by atoms with Crippen molar-refractivity contribution in [1.29, 1.82) is 0 Å². The Morgan fingerprint density at radius 2 is 1.63 bits per heavy atom. The molecule has 1 aliphatic heterocycles. The maximum Gasteiger partial charge on any atom is 0.416 e. The minimum atomic E-state index is -4.87. The fraction of sp³-hybridized carbons (Fsp3) is 0.389. The summed E-state index contributed by atoms with van der Waals surface area (Å²) >= 11 is 0. The normalized spacial score (nSPS) is 15.6. The molecule has 1 aliphatic rings. The van der Waals surface area contributed by atoms with E-state index >= 15 is 0 Å². The predicted molar refractivity (Wildman–Crippen MR) is 92.4 cm³/mol. The highest BCUT2D eigenvalue weighted by molar-refractivity contribution is 6.12. The molecular weight excluding hydrogens is 372 g/mol. The second-order valence-electron chi connectivity index (χ2n) is 6.15. The average Bonchev–Trinajstić information content (AvgIpc) is 2.98. The highest BCUT2D eigenvalue weighted by Crippen LogP contribution is 2.36. The Kier molecular flexibility index (Phi) is 6.48. The van der Waals surface area contributed by atoms with Crippen LogP contribution in [-0.2, 0) is 12.4 Å². The number of halogens is 6.